The van der Waals surface area contributed by atoms with E-state index in [0.29, 0.717) is 12.3 Å². The average molecular weight is 341 g/mol. The van der Waals surface area contributed by atoms with Gasteiger partial charge in [-0.15, -0.1) is 11.3 Å². The van der Waals surface area contributed by atoms with Crippen LogP contribution in [0.2, 0.25) is 0 Å². The number of imidazole rings is 1. The van der Waals surface area contributed by atoms with Crippen LogP contribution in [0.3, 0.4) is 0 Å². The summed E-state index contributed by atoms with van der Waals surface area (Å²) in [6, 6.07) is 10.5. The second-order valence-corrected chi connectivity index (χ2v) is 7.39. The van der Waals surface area contributed by atoms with Gasteiger partial charge in [0.1, 0.15) is 0 Å². The van der Waals surface area contributed by atoms with Crippen LogP contribution in [-0.4, -0.2) is 21.1 Å². The highest BCUT2D eigenvalue weighted by molar-refractivity contribution is 7.15. The topological polar surface area (TPSA) is 49.6 Å². The quantitative estimate of drug-likeness (QED) is 0.687. The van der Waals surface area contributed by atoms with Crippen LogP contribution in [0.15, 0.2) is 35.7 Å². The summed E-state index contributed by atoms with van der Waals surface area (Å²) >= 11 is 1.74. The summed E-state index contributed by atoms with van der Waals surface area (Å²) in [5, 5.41) is 15.3. The van der Waals surface area contributed by atoms with Crippen LogP contribution in [0, 0.1) is 6.92 Å². The summed E-state index contributed by atoms with van der Waals surface area (Å²) < 4.78 is 2.35. The normalized spacial score (nSPS) is 15.9. The lowest BCUT2D eigenvalue weighted by Gasteiger charge is -2.18. The number of thiazole rings is 1. The van der Waals surface area contributed by atoms with Crippen molar-refractivity contribution in [3.8, 4) is 0 Å². The molecule has 24 heavy (non-hydrogen) atoms. The number of aromatic nitrogens is 2. The Bertz CT molecular complexity index is 820. The van der Waals surface area contributed by atoms with Gasteiger partial charge in [0.05, 0.1) is 11.4 Å². The Hall–Kier alpha value is -1.69. The van der Waals surface area contributed by atoms with E-state index in [9.17, 15) is 5.11 Å². The molecule has 1 aliphatic rings. The van der Waals surface area contributed by atoms with Crippen molar-refractivity contribution < 1.29 is 5.11 Å². The lowest BCUT2D eigenvalue weighted by atomic mass is 10.0. The molecule has 1 atom stereocenters. The van der Waals surface area contributed by atoms with E-state index in [4.69, 9.17) is 4.98 Å². The van der Waals surface area contributed by atoms with Crippen molar-refractivity contribution in [3.05, 3.63) is 58.4 Å². The molecule has 0 radical (unpaired) electrons. The third kappa shape index (κ3) is 2.99. The molecular weight excluding hydrogens is 318 g/mol. The Morgan fingerprint density at radius 1 is 1.33 bits per heavy atom. The van der Waals surface area contributed by atoms with Crippen molar-refractivity contribution in [1.82, 2.24) is 14.7 Å². The molecule has 0 unspecified atom stereocenters. The molecule has 126 valence electrons. The maximum atomic E-state index is 9.42. The van der Waals surface area contributed by atoms with Crippen LogP contribution >= 0.6 is 11.3 Å². The van der Waals surface area contributed by atoms with Gasteiger partial charge in [-0.05, 0) is 31.7 Å². The number of nitrogens with one attached hydrogen (secondary N) is 1. The molecule has 4 nitrogen and oxygen atoms in total. The minimum atomic E-state index is 0.157. The largest absolute Gasteiger partial charge is 0.396 e. The fraction of sp³-hybridized carbons (Fsp3) is 0.421. The third-order valence-corrected chi connectivity index (χ3v) is 5.66. The molecule has 1 saturated carbocycles. The first-order chi connectivity index (χ1) is 11.8. The minimum absolute atomic E-state index is 0.157. The Morgan fingerprint density at radius 2 is 2.12 bits per heavy atom. The summed E-state index contributed by atoms with van der Waals surface area (Å²) in [6.45, 7) is 3.04. The molecule has 0 amide bonds. The predicted octanol–water partition coefficient (Wildman–Crippen LogP) is 3.79. The van der Waals surface area contributed by atoms with Crippen molar-refractivity contribution >= 4 is 16.3 Å². The van der Waals surface area contributed by atoms with E-state index in [0.717, 1.165) is 17.2 Å². The number of aliphatic hydroxyl groups excluding tert-OH is 1. The fourth-order valence-corrected chi connectivity index (χ4v) is 4.37. The zero-order chi connectivity index (χ0) is 16.5. The summed E-state index contributed by atoms with van der Waals surface area (Å²) in [5.41, 5.74) is 5.00. The Labute approximate surface area is 146 Å². The van der Waals surface area contributed by atoms with Crippen LogP contribution in [0.5, 0.6) is 0 Å². The number of fused-ring (bicyclic) bond motifs is 1. The monoisotopic (exact) mass is 341 g/mol. The van der Waals surface area contributed by atoms with Crippen molar-refractivity contribution in [1.29, 1.82) is 0 Å². The molecule has 4 rings (SSSR count). The standard InChI is InChI=1S/C19H23N3OS/c1-13-17(22-18(15-7-8-15)12-24-19(22)21-13)11-20-16(9-10-23)14-5-3-2-4-6-14/h2-6,12,15-16,20,23H,7-11H2,1H3/t16-/m1/s1. The first-order valence-corrected chi connectivity index (χ1v) is 9.50. The van der Waals surface area contributed by atoms with Gasteiger partial charge in [-0.25, -0.2) is 4.98 Å². The number of benzene rings is 1. The van der Waals surface area contributed by atoms with Gasteiger partial charge >= 0.3 is 0 Å². The van der Waals surface area contributed by atoms with E-state index in [-0.39, 0.29) is 12.6 Å². The van der Waals surface area contributed by atoms with Gasteiger partial charge in [0.25, 0.3) is 0 Å². The lowest BCUT2D eigenvalue weighted by Crippen LogP contribution is -2.23. The van der Waals surface area contributed by atoms with E-state index in [1.807, 2.05) is 18.2 Å². The fourth-order valence-electron chi connectivity index (χ4n) is 3.33. The highest BCUT2D eigenvalue weighted by atomic mass is 32.1. The van der Waals surface area contributed by atoms with Crippen LogP contribution in [0.25, 0.3) is 4.96 Å². The number of hydrogen-bond donors (Lipinski definition) is 2. The first kappa shape index (κ1) is 15.8. The zero-order valence-electron chi connectivity index (χ0n) is 13.9. The van der Waals surface area contributed by atoms with E-state index >= 15 is 0 Å². The number of rotatable bonds is 7. The lowest BCUT2D eigenvalue weighted by molar-refractivity contribution is 0.264. The summed E-state index contributed by atoms with van der Waals surface area (Å²) in [6.07, 6.45) is 3.31. The van der Waals surface area contributed by atoms with Gasteiger partial charge in [-0.2, -0.15) is 0 Å². The Balaban J connectivity index is 1.59. The zero-order valence-corrected chi connectivity index (χ0v) is 14.7. The van der Waals surface area contributed by atoms with E-state index in [1.165, 1.54) is 29.8 Å². The second-order valence-electron chi connectivity index (χ2n) is 6.55. The second kappa shape index (κ2) is 6.67. The summed E-state index contributed by atoms with van der Waals surface area (Å²) in [4.78, 5) is 5.83. The van der Waals surface area contributed by atoms with Gasteiger partial charge in [-0.3, -0.25) is 4.40 Å². The number of hydrogen-bond acceptors (Lipinski definition) is 4. The predicted molar refractivity (Wildman–Crippen MR) is 97.5 cm³/mol. The summed E-state index contributed by atoms with van der Waals surface area (Å²) in [7, 11) is 0. The molecule has 0 spiro atoms. The highest BCUT2D eigenvalue weighted by Gasteiger charge is 2.28. The van der Waals surface area contributed by atoms with Gasteiger partial charge < -0.3 is 10.4 Å². The van der Waals surface area contributed by atoms with Gasteiger partial charge in [-0.1, -0.05) is 30.3 Å². The average Bonchev–Trinajstić information content (AvgIpc) is 3.29. The molecular formula is C19H23N3OS. The maximum absolute atomic E-state index is 9.42. The molecule has 2 N–H and O–H groups in total. The first-order valence-electron chi connectivity index (χ1n) is 8.62. The molecule has 1 fully saturated rings. The van der Waals surface area contributed by atoms with Gasteiger partial charge in [0.15, 0.2) is 4.96 Å². The van der Waals surface area contributed by atoms with Crippen molar-refractivity contribution in [3.63, 3.8) is 0 Å². The molecule has 0 bridgehead atoms. The number of nitrogens with zero attached hydrogens (tertiary/aromatic N) is 2. The van der Waals surface area contributed by atoms with Gasteiger partial charge in [0, 0.05) is 36.2 Å². The number of aliphatic hydroxyl groups is 1. The summed E-state index contributed by atoms with van der Waals surface area (Å²) in [5.74, 6) is 0.716. The molecule has 0 aliphatic heterocycles. The van der Waals surface area contributed by atoms with E-state index in [2.05, 4.69) is 34.2 Å². The highest BCUT2D eigenvalue weighted by Crippen LogP contribution is 2.42. The van der Waals surface area contributed by atoms with Crippen LogP contribution in [0.4, 0.5) is 0 Å². The van der Waals surface area contributed by atoms with Crippen molar-refractivity contribution in [2.75, 3.05) is 6.61 Å². The Morgan fingerprint density at radius 3 is 2.83 bits per heavy atom. The third-order valence-electron chi connectivity index (χ3n) is 4.82. The maximum Gasteiger partial charge on any atom is 0.194 e. The van der Waals surface area contributed by atoms with Crippen molar-refractivity contribution in [2.45, 2.75) is 44.7 Å². The molecule has 3 aromatic rings. The van der Waals surface area contributed by atoms with Crippen LogP contribution < -0.4 is 5.32 Å². The smallest absolute Gasteiger partial charge is 0.194 e. The molecule has 0 saturated heterocycles. The van der Waals surface area contributed by atoms with E-state index in [1.54, 1.807) is 11.3 Å². The van der Waals surface area contributed by atoms with Crippen LogP contribution in [-0.2, 0) is 6.54 Å². The molecule has 5 heteroatoms. The molecule has 1 aromatic carbocycles. The SMILES string of the molecule is Cc1nc2scc(C3CC3)n2c1CN[C@H](CCO)c1ccccc1. The Kier molecular flexibility index (Phi) is 4.39. The number of aryl methyl sites for hydroxylation is 1. The molecule has 1 aliphatic carbocycles. The van der Waals surface area contributed by atoms with Crippen molar-refractivity contribution in [2.24, 2.45) is 0 Å². The van der Waals surface area contributed by atoms with E-state index < -0.39 is 0 Å². The molecule has 2 aromatic heterocycles. The van der Waals surface area contributed by atoms with Gasteiger partial charge in [0.2, 0.25) is 0 Å². The van der Waals surface area contributed by atoms with Crippen LogP contribution in [0.1, 0.15) is 53.9 Å². The minimum Gasteiger partial charge on any atom is -0.396 e. The molecule has 2 heterocycles.